The smallest absolute Gasteiger partial charge is 0.180 e. The highest BCUT2D eigenvalue weighted by Gasteiger charge is 2.15. The van der Waals surface area contributed by atoms with Crippen molar-refractivity contribution in [2.24, 2.45) is 5.73 Å². The molecule has 2 aromatic rings. The van der Waals surface area contributed by atoms with Crippen molar-refractivity contribution in [3.8, 4) is 11.5 Å². The third-order valence-corrected chi connectivity index (χ3v) is 3.48. The lowest BCUT2D eigenvalue weighted by Gasteiger charge is -2.12. The van der Waals surface area contributed by atoms with Gasteiger partial charge in [-0.2, -0.15) is 0 Å². The van der Waals surface area contributed by atoms with Gasteiger partial charge in [-0.1, -0.05) is 6.07 Å². The summed E-state index contributed by atoms with van der Waals surface area (Å²) in [6.45, 7) is 1.73. The number of amidine groups is 1. The third-order valence-electron chi connectivity index (χ3n) is 2.71. The first-order valence-electron chi connectivity index (χ1n) is 5.66. The van der Waals surface area contributed by atoms with E-state index in [1.165, 1.54) is 24.3 Å². The summed E-state index contributed by atoms with van der Waals surface area (Å²) in [5.74, 6) is -1.27. The summed E-state index contributed by atoms with van der Waals surface area (Å²) in [6.07, 6.45) is 0. The Morgan fingerprint density at radius 2 is 1.90 bits per heavy atom. The van der Waals surface area contributed by atoms with Crippen LogP contribution in [0.1, 0.15) is 11.1 Å². The van der Waals surface area contributed by atoms with Gasteiger partial charge in [0, 0.05) is 11.6 Å². The van der Waals surface area contributed by atoms with Crippen molar-refractivity contribution in [2.45, 2.75) is 6.92 Å². The molecule has 0 aromatic heterocycles. The normalized spacial score (nSPS) is 10.4. The molecule has 20 heavy (non-hydrogen) atoms. The van der Waals surface area contributed by atoms with E-state index in [9.17, 15) is 8.78 Å². The molecule has 2 rings (SSSR count). The Morgan fingerprint density at radius 3 is 2.55 bits per heavy atom. The second-order valence-corrected chi connectivity index (χ2v) is 4.96. The Labute approximate surface area is 123 Å². The molecule has 3 N–H and O–H groups in total. The van der Waals surface area contributed by atoms with Gasteiger partial charge in [0.2, 0.25) is 0 Å². The molecule has 3 nitrogen and oxygen atoms in total. The van der Waals surface area contributed by atoms with Crippen LogP contribution in [0.5, 0.6) is 11.5 Å². The molecular weight excluding hydrogens is 330 g/mol. The number of hydrogen-bond acceptors (Lipinski definition) is 2. The average Bonchev–Trinajstić information content (AvgIpc) is 2.39. The molecule has 0 aliphatic heterocycles. The molecule has 0 heterocycles. The summed E-state index contributed by atoms with van der Waals surface area (Å²) in [7, 11) is 0. The largest absolute Gasteiger partial charge is 0.454 e. The van der Waals surface area contributed by atoms with E-state index in [2.05, 4.69) is 15.9 Å². The summed E-state index contributed by atoms with van der Waals surface area (Å²) in [6, 6.07) is 6.83. The van der Waals surface area contributed by atoms with Gasteiger partial charge >= 0.3 is 0 Å². The Hall–Kier alpha value is -1.95. The van der Waals surface area contributed by atoms with Crippen LogP contribution in [0.4, 0.5) is 8.78 Å². The van der Waals surface area contributed by atoms with E-state index in [0.29, 0.717) is 5.56 Å². The minimum absolute atomic E-state index is 0.0385. The average molecular weight is 341 g/mol. The number of benzene rings is 2. The summed E-state index contributed by atoms with van der Waals surface area (Å²) < 4.78 is 32.7. The maximum absolute atomic E-state index is 14.1. The highest BCUT2D eigenvalue weighted by molar-refractivity contribution is 9.10. The van der Waals surface area contributed by atoms with Crippen molar-refractivity contribution in [3.63, 3.8) is 0 Å². The lowest BCUT2D eigenvalue weighted by Crippen LogP contribution is -2.12. The highest BCUT2D eigenvalue weighted by atomic mass is 79.9. The number of nitrogens with two attached hydrogens (primary N) is 1. The van der Waals surface area contributed by atoms with Crippen LogP contribution in [0.25, 0.3) is 0 Å². The van der Waals surface area contributed by atoms with Crippen molar-refractivity contribution < 1.29 is 13.5 Å². The SMILES string of the molecule is Cc1ccc(F)cc1Oc1ccc(C(=N)N)c(Br)c1F. The zero-order valence-corrected chi connectivity index (χ0v) is 12.1. The summed E-state index contributed by atoms with van der Waals surface area (Å²) in [4.78, 5) is 0. The van der Waals surface area contributed by atoms with Gasteiger partial charge in [-0.25, -0.2) is 8.78 Å². The molecule has 0 saturated carbocycles. The van der Waals surface area contributed by atoms with Gasteiger partial charge in [-0.3, -0.25) is 5.41 Å². The second-order valence-electron chi connectivity index (χ2n) is 4.16. The van der Waals surface area contributed by atoms with Crippen LogP contribution in [-0.4, -0.2) is 5.84 Å². The van der Waals surface area contributed by atoms with Crippen LogP contribution in [-0.2, 0) is 0 Å². The molecule has 0 spiro atoms. The van der Waals surface area contributed by atoms with E-state index in [1.54, 1.807) is 13.0 Å². The van der Waals surface area contributed by atoms with E-state index in [0.717, 1.165) is 0 Å². The molecule has 0 radical (unpaired) electrons. The van der Waals surface area contributed by atoms with Gasteiger partial charge in [0.15, 0.2) is 11.6 Å². The number of aryl methyl sites for hydroxylation is 1. The van der Waals surface area contributed by atoms with Crippen LogP contribution < -0.4 is 10.5 Å². The van der Waals surface area contributed by atoms with Crippen molar-refractivity contribution in [1.82, 2.24) is 0 Å². The first-order valence-corrected chi connectivity index (χ1v) is 6.46. The molecule has 0 aliphatic rings. The number of ether oxygens (including phenoxy) is 1. The fraction of sp³-hybridized carbons (Fsp3) is 0.0714. The Morgan fingerprint density at radius 1 is 1.20 bits per heavy atom. The van der Waals surface area contributed by atoms with Gasteiger partial charge in [0.05, 0.1) is 4.47 Å². The predicted molar refractivity (Wildman–Crippen MR) is 76.3 cm³/mol. The third kappa shape index (κ3) is 2.80. The lowest BCUT2D eigenvalue weighted by atomic mass is 10.2. The van der Waals surface area contributed by atoms with Crippen molar-refractivity contribution in [1.29, 1.82) is 5.41 Å². The van der Waals surface area contributed by atoms with E-state index in [1.807, 2.05) is 0 Å². The van der Waals surface area contributed by atoms with Crippen LogP contribution in [0.2, 0.25) is 0 Å². The van der Waals surface area contributed by atoms with Gasteiger partial charge in [-0.05, 0) is 46.6 Å². The van der Waals surface area contributed by atoms with Crippen molar-refractivity contribution in [2.75, 3.05) is 0 Å². The first-order chi connectivity index (χ1) is 9.40. The molecule has 0 aliphatic carbocycles. The summed E-state index contributed by atoms with van der Waals surface area (Å²) in [5, 5.41) is 7.32. The standard InChI is InChI=1S/C14H11BrF2N2O/c1-7-2-3-8(16)6-11(7)20-10-5-4-9(14(18)19)12(15)13(10)17/h2-6H,1H3,(H3,18,19). The molecule has 0 bridgehead atoms. The number of nitrogens with one attached hydrogen (secondary N) is 1. The second kappa shape index (κ2) is 5.58. The molecule has 0 amide bonds. The van der Waals surface area contributed by atoms with Gasteiger partial charge in [0.25, 0.3) is 0 Å². The zero-order chi connectivity index (χ0) is 14.9. The van der Waals surface area contributed by atoms with Crippen LogP contribution in [0.15, 0.2) is 34.8 Å². The van der Waals surface area contributed by atoms with E-state index in [-0.39, 0.29) is 27.4 Å². The Bertz CT molecular complexity index is 689. The fourth-order valence-corrected chi connectivity index (χ4v) is 2.16. The van der Waals surface area contributed by atoms with Crippen LogP contribution in [0.3, 0.4) is 0 Å². The Kier molecular flexibility index (Phi) is 4.04. The quantitative estimate of drug-likeness (QED) is 0.652. The monoisotopic (exact) mass is 340 g/mol. The first kappa shape index (κ1) is 14.5. The molecule has 6 heteroatoms. The van der Waals surface area contributed by atoms with E-state index >= 15 is 0 Å². The van der Waals surface area contributed by atoms with Crippen LogP contribution in [0, 0.1) is 24.0 Å². The van der Waals surface area contributed by atoms with Crippen molar-refractivity contribution in [3.05, 3.63) is 57.6 Å². The maximum atomic E-state index is 14.1. The van der Waals surface area contributed by atoms with Gasteiger partial charge in [0.1, 0.15) is 17.4 Å². The fourth-order valence-electron chi connectivity index (χ4n) is 1.62. The summed E-state index contributed by atoms with van der Waals surface area (Å²) >= 11 is 3.03. The van der Waals surface area contributed by atoms with Crippen molar-refractivity contribution >= 4 is 21.8 Å². The minimum Gasteiger partial charge on any atom is -0.454 e. The molecule has 0 fully saturated rings. The van der Waals surface area contributed by atoms with E-state index < -0.39 is 11.6 Å². The van der Waals surface area contributed by atoms with Gasteiger partial charge < -0.3 is 10.5 Å². The van der Waals surface area contributed by atoms with E-state index in [4.69, 9.17) is 15.9 Å². The van der Waals surface area contributed by atoms with Crippen LogP contribution >= 0.6 is 15.9 Å². The molecular formula is C14H11BrF2N2O. The molecule has 0 saturated heterocycles. The highest BCUT2D eigenvalue weighted by Crippen LogP contribution is 2.33. The number of rotatable bonds is 3. The maximum Gasteiger partial charge on any atom is 0.180 e. The molecule has 0 unspecified atom stereocenters. The molecule has 104 valence electrons. The predicted octanol–water partition coefficient (Wildman–Crippen LogP) is 4.11. The van der Waals surface area contributed by atoms with Gasteiger partial charge in [-0.15, -0.1) is 0 Å². The number of hydrogen-bond donors (Lipinski definition) is 2. The molecule has 0 atom stereocenters. The summed E-state index contributed by atoms with van der Waals surface area (Å²) in [5.41, 5.74) is 6.23. The number of nitrogen functional groups attached to an aromatic ring is 1. The topological polar surface area (TPSA) is 59.1 Å². The zero-order valence-electron chi connectivity index (χ0n) is 10.5. The lowest BCUT2D eigenvalue weighted by molar-refractivity contribution is 0.434. The number of halogens is 3. The Balaban J connectivity index is 2.42. The minimum atomic E-state index is -0.693. The molecule has 2 aromatic carbocycles.